The number of ether oxygens (including phenoxy) is 2. The molecule has 1 rings (SSSR count). The number of esters is 1. The maximum Gasteiger partial charge on any atom is 0.309 e. The Labute approximate surface area is 122 Å². The Morgan fingerprint density at radius 2 is 1.70 bits per heavy atom. The highest BCUT2D eigenvalue weighted by Gasteiger charge is 2.22. The highest BCUT2D eigenvalue weighted by Crippen LogP contribution is 2.27. The molecule has 0 N–H and O–H groups in total. The molecule has 0 aromatic heterocycles. The van der Waals surface area contributed by atoms with Gasteiger partial charge in [0, 0.05) is 0 Å². The lowest BCUT2D eigenvalue weighted by molar-refractivity contribution is -0.148. The van der Waals surface area contributed by atoms with E-state index in [0.29, 0.717) is 6.61 Å². The van der Waals surface area contributed by atoms with Gasteiger partial charge in [0.05, 0.1) is 18.6 Å². The topological polar surface area (TPSA) is 35.5 Å². The maximum absolute atomic E-state index is 11.8. The van der Waals surface area contributed by atoms with Crippen LogP contribution in [0.1, 0.15) is 52.5 Å². The first-order chi connectivity index (χ1) is 9.49. The third-order valence-electron chi connectivity index (χ3n) is 3.73. The van der Waals surface area contributed by atoms with Crippen molar-refractivity contribution in [2.45, 2.75) is 53.1 Å². The molecule has 0 saturated heterocycles. The average Bonchev–Trinajstić information content (AvgIpc) is 2.46. The van der Waals surface area contributed by atoms with Crippen LogP contribution in [0.25, 0.3) is 0 Å². The molecule has 0 radical (unpaired) electrons. The zero-order chi connectivity index (χ0) is 15.1. The van der Waals surface area contributed by atoms with E-state index in [2.05, 4.69) is 13.8 Å². The number of carbonyl (C=O) groups excluding carboxylic acids is 1. The first-order valence-corrected chi connectivity index (χ1v) is 7.42. The second-order valence-electron chi connectivity index (χ2n) is 5.24. The van der Waals surface area contributed by atoms with Crippen molar-refractivity contribution < 1.29 is 14.3 Å². The molecule has 3 atom stereocenters. The normalized spacial score (nSPS) is 15.2. The summed E-state index contributed by atoms with van der Waals surface area (Å²) < 4.78 is 10.8. The van der Waals surface area contributed by atoms with Gasteiger partial charge in [0.25, 0.3) is 0 Å². The SMILES string of the molecule is CCOC(=O)C(C)C(C)c1ccc(OC(C)CC)cc1. The summed E-state index contributed by atoms with van der Waals surface area (Å²) in [6, 6.07) is 7.99. The van der Waals surface area contributed by atoms with Crippen LogP contribution in [0, 0.1) is 5.92 Å². The summed E-state index contributed by atoms with van der Waals surface area (Å²) in [5, 5.41) is 0. The van der Waals surface area contributed by atoms with Crippen LogP contribution in [0.5, 0.6) is 5.75 Å². The Hall–Kier alpha value is -1.51. The van der Waals surface area contributed by atoms with Gasteiger partial charge < -0.3 is 9.47 Å². The van der Waals surface area contributed by atoms with E-state index >= 15 is 0 Å². The summed E-state index contributed by atoms with van der Waals surface area (Å²) >= 11 is 0. The third kappa shape index (κ3) is 4.55. The monoisotopic (exact) mass is 278 g/mol. The fourth-order valence-corrected chi connectivity index (χ4v) is 1.93. The molecule has 3 nitrogen and oxygen atoms in total. The smallest absolute Gasteiger partial charge is 0.309 e. The Kier molecular flexibility index (Phi) is 6.56. The van der Waals surface area contributed by atoms with Crippen LogP contribution in [0.3, 0.4) is 0 Å². The van der Waals surface area contributed by atoms with Crippen molar-refractivity contribution in [3.05, 3.63) is 29.8 Å². The van der Waals surface area contributed by atoms with E-state index in [-0.39, 0.29) is 23.9 Å². The van der Waals surface area contributed by atoms with Crippen LogP contribution in [-0.2, 0) is 9.53 Å². The molecule has 0 spiro atoms. The molecule has 0 fully saturated rings. The van der Waals surface area contributed by atoms with Crippen molar-refractivity contribution in [2.75, 3.05) is 6.61 Å². The highest BCUT2D eigenvalue weighted by molar-refractivity contribution is 5.73. The molecule has 0 bridgehead atoms. The Morgan fingerprint density at radius 3 is 2.20 bits per heavy atom. The van der Waals surface area contributed by atoms with Crippen LogP contribution < -0.4 is 4.74 Å². The average molecular weight is 278 g/mol. The molecule has 1 aromatic rings. The first kappa shape index (κ1) is 16.5. The van der Waals surface area contributed by atoms with Gasteiger partial charge in [-0.2, -0.15) is 0 Å². The van der Waals surface area contributed by atoms with Gasteiger partial charge in [0.1, 0.15) is 5.75 Å². The lowest BCUT2D eigenvalue weighted by Gasteiger charge is -2.19. The molecule has 0 aliphatic rings. The van der Waals surface area contributed by atoms with Crippen molar-refractivity contribution in [3.8, 4) is 5.75 Å². The minimum atomic E-state index is -0.142. The molecule has 3 heteroatoms. The van der Waals surface area contributed by atoms with Crippen molar-refractivity contribution in [1.29, 1.82) is 0 Å². The van der Waals surface area contributed by atoms with Gasteiger partial charge in [-0.3, -0.25) is 4.79 Å². The van der Waals surface area contributed by atoms with Crippen LogP contribution in [0.2, 0.25) is 0 Å². The van der Waals surface area contributed by atoms with Crippen LogP contribution in [-0.4, -0.2) is 18.7 Å². The van der Waals surface area contributed by atoms with Crippen molar-refractivity contribution in [1.82, 2.24) is 0 Å². The third-order valence-corrected chi connectivity index (χ3v) is 3.73. The lowest BCUT2D eigenvalue weighted by atomic mass is 9.89. The van der Waals surface area contributed by atoms with Crippen molar-refractivity contribution in [3.63, 3.8) is 0 Å². The van der Waals surface area contributed by atoms with E-state index in [1.165, 1.54) is 0 Å². The van der Waals surface area contributed by atoms with E-state index in [9.17, 15) is 4.79 Å². The molecule has 0 aliphatic carbocycles. The molecule has 3 unspecified atom stereocenters. The van der Waals surface area contributed by atoms with Crippen molar-refractivity contribution in [2.24, 2.45) is 5.92 Å². The number of benzene rings is 1. The largest absolute Gasteiger partial charge is 0.491 e. The highest BCUT2D eigenvalue weighted by atomic mass is 16.5. The number of rotatable bonds is 7. The maximum atomic E-state index is 11.8. The summed E-state index contributed by atoms with van der Waals surface area (Å²) in [6.45, 7) is 10.4. The second-order valence-corrected chi connectivity index (χ2v) is 5.24. The van der Waals surface area contributed by atoms with Gasteiger partial charge >= 0.3 is 5.97 Å². The molecule has 112 valence electrons. The summed E-state index contributed by atoms with van der Waals surface area (Å²) in [5.41, 5.74) is 1.13. The molecule has 0 saturated carbocycles. The molecule has 0 amide bonds. The van der Waals surface area contributed by atoms with Gasteiger partial charge in [0.2, 0.25) is 0 Å². The zero-order valence-electron chi connectivity index (χ0n) is 13.2. The standard InChI is InChI=1S/C17H26O3/c1-6-12(3)20-16-10-8-15(9-11-16)13(4)14(5)17(18)19-7-2/h8-14H,6-7H2,1-5H3. The number of carbonyl (C=O) groups is 1. The molecule has 20 heavy (non-hydrogen) atoms. The van der Waals surface area contributed by atoms with Crippen LogP contribution in [0.15, 0.2) is 24.3 Å². The lowest BCUT2D eigenvalue weighted by Crippen LogP contribution is -2.20. The van der Waals surface area contributed by atoms with Crippen molar-refractivity contribution >= 4 is 5.97 Å². The van der Waals surface area contributed by atoms with E-state index in [4.69, 9.17) is 9.47 Å². The molecule has 1 aromatic carbocycles. The van der Waals surface area contributed by atoms with Crippen LogP contribution >= 0.6 is 0 Å². The van der Waals surface area contributed by atoms with E-state index in [1.54, 1.807) is 0 Å². The molecular formula is C17H26O3. The predicted octanol–water partition coefficient (Wildman–Crippen LogP) is 4.17. The molecule has 0 heterocycles. The second kappa shape index (κ2) is 7.93. The fourth-order valence-electron chi connectivity index (χ4n) is 1.93. The van der Waals surface area contributed by atoms with Gasteiger partial charge in [-0.15, -0.1) is 0 Å². The van der Waals surface area contributed by atoms with E-state index in [1.807, 2.05) is 45.0 Å². The van der Waals surface area contributed by atoms with Gasteiger partial charge in [-0.05, 0) is 43.9 Å². The fraction of sp³-hybridized carbons (Fsp3) is 0.588. The zero-order valence-corrected chi connectivity index (χ0v) is 13.2. The first-order valence-electron chi connectivity index (χ1n) is 7.42. The summed E-state index contributed by atoms with van der Waals surface area (Å²) in [4.78, 5) is 11.8. The Bertz CT molecular complexity index is 411. The quantitative estimate of drug-likeness (QED) is 0.702. The summed E-state index contributed by atoms with van der Waals surface area (Å²) in [7, 11) is 0. The summed E-state index contributed by atoms with van der Waals surface area (Å²) in [6.07, 6.45) is 1.20. The van der Waals surface area contributed by atoms with E-state index < -0.39 is 0 Å². The van der Waals surface area contributed by atoms with Gasteiger partial charge in [-0.1, -0.05) is 32.9 Å². The van der Waals surface area contributed by atoms with Gasteiger partial charge in [-0.25, -0.2) is 0 Å². The minimum Gasteiger partial charge on any atom is -0.491 e. The minimum absolute atomic E-state index is 0.131. The van der Waals surface area contributed by atoms with Gasteiger partial charge in [0.15, 0.2) is 0 Å². The number of hydrogen-bond donors (Lipinski definition) is 0. The van der Waals surface area contributed by atoms with E-state index in [0.717, 1.165) is 17.7 Å². The van der Waals surface area contributed by atoms with Crippen LogP contribution in [0.4, 0.5) is 0 Å². The Balaban J connectivity index is 2.70. The predicted molar refractivity (Wildman–Crippen MR) is 81.0 cm³/mol. The molecular weight excluding hydrogens is 252 g/mol. The molecule has 0 aliphatic heterocycles. The summed E-state index contributed by atoms with van der Waals surface area (Å²) in [5.74, 6) is 0.724. The number of hydrogen-bond acceptors (Lipinski definition) is 3. The Morgan fingerprint density at radius 1 is 1.10 bits per heavy atom.